The molecule has 3 rings (SSSR count). The average molecular weight is 488 g/mol. The van der Waals surface area contributed by atoms with E-state index >= 15 is 0 Å². The van der Waals surface area contributed by atoms with Crippen molar-refractivity contribution >= 4 is 31.9 Å². The van der Waals surface area contributed by atoms with E-state index in [1.807, 2.05) is 0 Å². The highest BCUT2D eigenvalue weighted by Gasteiger charge is 2.18. The molecular formula is C22H32Br2O2. The molecule has 0 N–H and O–H groups in total. The molecule has 1 aromatic rings. The molecule has 2 nitrogen and oxygen atoms in total. The molecule has 0 amide bonds. The first-order valence-electron chi connectivity index (χ1n) is 10.3. The molecule has 0 unspecified atom stereocenters. The summed E-state index contributed by atoms with van der Waals surface area (Å²) in [4.78, 5) is 0. The zero-order valence-electron chi connectivity index (χ0n) is 15.8. The molecule has 0 spiro atoms. The smallest absolute Gasteiger partial charge is 0.123 e. The summed E-state index contributed by atoms with van der Waals surface area (Å²) in [6, 6.07) is 4.37. The van der Waals surface area contributed by atoms with Gasteiger partial charge in [0.2, 0.25) is 0 Å². The number of hydrogen-bond donors (Lipinski definition) is 0. The summed E-state index contributed by atoms with van der Waals surface area (Å²) >= 11 is 7.27. The van der Waals surface area contributed by atoms with Crippen molar-refractivity contribution in [2.24, 2.45) is 11.8 Å². The Morgan fingerprint density at radius 2 is 1.04 bits per heavy atom. The molecule has 2 aliphatic carbocycles. The normalized spacial score (nSPS) is 19.5. The predicted molar refractivity (Wildman–Crippen MR) is 116 cm³/mol. The molecule has 0 radical (unpaired) electrons. The minimum absolute atomic E-state index is 0.724. The van der Waals surface area contributed by atoms with Crippen LogP contribution in [0.3, 0.4) is 0 Å². The van der Waals surface area contributed by atoms with Gasteiger partial charge in [-0.25, -0.2) is 0 Å². The minimum atomic E-state index is 0.724. The average Bonchev–Trinajstić information content (AvgIpc) is 2.72. The highest BCUT2D eigenvalue weighted by Crippen LogP contribution is 2.34. The Hall–Kier alpha value is -0.220. The maximum atomic E-state index is 6.25. The molecule has 2 aliphatic rings. The largest absolute Gasteiger partial charge is 0.493 e. The van der Waals surface area contributed by atoms with Crippen molar-refractivity contribution in [3.63, 3.8) is 0 Å². The summed E-state index contributed by atoms with van der Waals surface area (Å²) in [5, 5.41) is 1.60. The van der Waals surface area contributed by atoms with E-state index in [4.69, 9.17) is 9.47 Å². The first-order valence-corrected chi connectivity index (χ1v) is 12.6. The molecule has 0 aromatic heterocycles. The maximum absolute atomic E-state index is 6.25. The fourth-order valence-electron chi connectivity index (χ4n) is 4.24. The van der Waals surface area contributed by atoms with Crippen molar-refractivity contribution in [3.8, 4) is 11.5 Å². The van der Waals surface area contributed by atoms with Crippen LogP contribution in [-0.4, -0.2) is 13.2 Å². The summed E-state index contributed by atoms with van der Waals surface area (Å²) in [6.07, 6.45) is 13.5. The molecule has 0 saturated heterocycles. The van der Waals surface area contributed by atoms with Gasteiger partial charge in [0.05, 0.1) is 13.2 Å². The Morgan fingerprint density at radius 3 is 1.38 bits per heavy atom. The SMILES string of the molecule is BrCc1cc(OCC2CCCCC2)c(CBr)cc1OCC1CCCCC1. The van der Waals surface area contributed by atoms with Crippen molar-refractivity contribution in [2.75, 3.05) is 13.2 Å². The lowest BCUT2D eigenvalue weighted by Gasteiger charge is -2.24. The summed E-state index contributed by atoms with van der Waals surface area (Å²) in [7, 11) is 0. The van der Waals surface area contributed by atoms with Crippen molar-refractivity contribution in [3.05, 3.63) is 23.3 Å². The van der Waals surface area contributed by atoms with E-state index in [0.717, 1.165) is 47.2 Å². The number of halogens is 2. The van der Waals surface area contributed by atoms with Gasteiger partial charge in [-0.1, -0.05) is 70.4 Å². The monoisotopic (exact) mass is 486 g/mol. The van der Waals surface area contributed by atoms with Crippen molar-refractivity contribution in [1.82, 2.24) is 0 Å². The van der Waals surface area contributed by atoms with Crippen LogP contribution in [0.25, 0.3) is 0 Å². The van der Waals surface area contributed by atoms with Crippen LogP contribution in [0.4, 0.5) is 0 Å². The summed E-state index contributed by atoms with van der Waals surface area (Å²) in [5.74, 6) is 3.49. The Balaban J connectivity index is 1.63. The van der Waals surface area contributed by atoms with Gasteiger partial charge in [-0.05, 0) is 49.7 Å². The van der Waals surface area contributed by atoms with Crippen molar-refractivity contribution < 1.29 is 9.47 Å². The first-order chi connectivity index (χ1) is 12.8. The summed E-state index contributed by atoms with van der Waals surface area (Å²) in [6.45, 7) is 1.70. The van der Waals surface area contributed by atoms with E-state index in [9.17, 15) is 0 Å². The van der Waals surface area contributed by atoms with Crippen LogP contribution in [0, 0.1) is 11.8 Å². The lowest BCUT2D eigenvalue weighted by atomic mass is 9.90. The van der Waals surface area contributed by atoms with Crippen LogP contribution >= 0.6 is 31.9 Å². The van der Waals surface area contributed by atoms with E-state index < -0.39 is 0 Å². The highest BCUT2D eigenvalue weighted by atomic mass is 79.9. The second-order valence-electron chi connectivity index (χ2n) is 7.96. The number of alkyl halides is 2. The second kappa shape index (κ2) is 10.9. The van der Waals surface area contributed by atoms with Gasteiger partial charge in [-0.3, -0.25) is 0 Å². The topological polar surface area (TPSA) is 18.5 Å². The Morgan fingerprint density at radius 1 is 0.654 bits per heavy atom. The van der Waals surface area contributed by atoms with Crippen molar-refractivity contribution in [2.45, 2.75) is 74.9 Å². The third kappa shape index (κ3) is 5.89. The molecule has 0 atom stereocenters. The number of ether oxygens (including phenoxy) is 2. The third-order valence-corrected chi connectivity index (χ3v) is 7.14. The van der Waals surface area contributed by atoms with Crippen LogP contribution in [0.2, 0.25) is 0 Å². The second-order valence-corrected chi connectivity index (χ2v) is 9.09. The fraction of sp³-hybridized carbons (Fsp3) is 0.727. The molecule has 146 valence electrons. The maximum Gasteiger partial charge on any atom is 0.123 e. The van der Waals surface area contributed by atoms with Crippen LogP contribution in [0.15, 0.2) is 12.1 Å². The number of hydrogen-bond acceptors (Lipinski definition) is 2. The van der Waals surface area contributed by atoms with Gasteiger partial charge in [0.1, 0.15) is 11.5 Å². The Kier molecular flexibility index (Phi) is 8.64. The Labute approximate surface area is 175 Å². The standard InChI is InChI=1S/C22H32Br2O2/c23-13-19-12-22(26-16-18-9-5-2-6-10-18)20(14-24)11-21(19)25-15-17-7-3-1-4-8-17/h11-12,17-18H,1-10,13-16H2. The molecule has 0 bridgehead atoms. The lowest BCUT2D eigenvalue weighted by molar-refractivity contribution is 0.202. The van der Waals surface area contributed by atoms with E-state index in [1.54, 1.807) is 0 Å². The van der Waals surface area contributed by atoms with Crippen LogP contribution < -0.4 is 9.47 Å². The third-order valence-electron chi connectivity index (χ3n) is 5.93. The lowest BCUT2D eigenvalue weighted by Crippen LogP contribution is -2.17. The first kappa shape index (κ1) is 20.5. The zero-order chi connectivity index (χ0) is 18.2. The summed E-state index contributed by atoms with van der Waals surface area (Å²) < 4.78 is 12.5. The molecular weight excluding hydrogens is 456 g/mol. The quantitative estimate of drug-likeness (QED) is 0.355. The molecule has 4 heteroatoms. The number of benzene rings is 1. The molecule has 0 aliphatic heterocycles. The van der Waals surface area contributed by atoms with Crippen LogP contribution in [-0.2, 0) is 10.7 Å². The highest BCUT2D eigenvalue weighted by molar-refractivity contribution is 9.08. The molecule has 1 aromatic carbocycles. The van der Waals surface area contributed by atoms with Crippen LogP contribution in [0.1, 0.15) is 75.3 Å². The molecule has 2 fully saturated rings. The van der Waals surface area contributed by atoms with Gasteiger partial charge in [0.15, 0.2) is 0 Å². The predicted octanol–water partition coefficient (Wildman–Crippen LogP) is 7.39. The van der Waals surface area contributed by atoms with Gasteiger partial charge in [-0.2, -0.15) is 0 Å². The molecule has 2 saturated carbocycles. The van der Waals surface area contributed by atoms with E-state index in [-0.39, 0.29) is 0 Å². The van der Waals surface area contributed by atoms with Crippen molar-refractivity contribution in [1.29, 1.82) is 0 Å². The van der Waals surface area contributed by atoms with E-state index in [2.05, 4.69) is 44.0 Å². The summed E-state index contributed by atoms with van der Waals surface area (Å²) in [5.41, 5.74) is 2.40. The van der Waals surface area contributed by atoms with Gasteiger partial charge >= 0.3 is 0 Å². The zero-order valence-corrected chi connectivity index (χ0v) is 19.0. The number of rotatable bonds is 8. The van der Waals surface area contributed by atoms with Gasteiger partial charge in [0, 0.05) is 21.8 Å². The minimum Gasteiger partial charge on any atom is -0.493 e. The molecule has 26 heavy (non-hydrogen) atoms. The Bertz CT molecular complexity index is 500. The van der Waals surface area contributed by atoms with Gasteiger partial charge in [-0.15, -0.1) is 0 Å². The van der Waals surface area contributed by atoms with Crippen LogP contribution in [0.5, 0.6) is 11.5 Å². The fourth-order valence-corrected chi connectivity index (χ4v) is 5.12. The van der Waals surface area contributed by atoms with E-state index in [0.29, 0.717) is 0 Å². The van der Waals surface area contributed by atoms with E-state index in [1.165, 1.54) is 75.3 Å². The molecule has 0 heterocycles. The van der Waals surface area contributed by atoms with Gasteiger partial charge < -0.3 is 9.47 Å². The van der Waals surface area contributed by atoms with Gasteiger partial charge in [0.25, 0.3) is 0 Å².